The number of carbonyl (C=O) groups is 3. The molecule has 0 fully saturated rings. The van der Waals surface area contributed by atoms with Crippen LogP contribution in [0.25, 0.3) is 33.4 Å². The van der Waals surface area contributed by atoms with Gasteiger partial charge in [-0.05, 0) is 111 Å². The highest BCUT2D eigenvalue weighted by molar-refractivity contribution is 7.94. The molecule has 1 amide bonds. The lowest BCUT2D eigenvalue weighted by atomic mass is 9.80. The number of carbonyl (C=O) groups excluding carboxylic acids is 1. The summed E-state index contributed by atoms with van der Waals surface area (Å²) in [4.78, 5) is 53.8. The number of nitrogens with zero attached hydrogens (tertiary/aromatic N) is 1. The van der Waals surface area contributed by atoms with Gasteiger partial charge in [-0.15, -0.1) is 0 Å². The number of aromatic carboxylic acids is 2. The molecule has 0 spiro atoms. The van der Waals surface area contributed by atoms with E-state index in [1.54, 1.807) is 12.1 Å². The number of nitrogens with one attached hydrogen (secondary N) is 2. The highest BCUT2D eigenvalue weighted by Gasteiger charge is 2.47. The van der Waals surface area contributed by atoms with Crippen LogP contribution in [0.15, 0.2) is 140 Å². The maximum absolute atomic E-state index is 13.5. The van der Waals surface area contributed by atoms with Gasteiger partial charge in [-0.2, -0.15) is 4.33 Å². The van der Waals surface area contributed by atoms with Crippen LogP contribution in [0.3, 0.4) is 0 Å². The van der Waals surface area contributed by atoms with Crippen LogP contribution in [-0.2, 0) is 41.7 Å². The van der Waals surface area contributed by atoms with E-state index >= 15 is 0 Å². The minimum Gasteiger partial charge on any atom is -0.744 e. The van der Waals surface area contributed by atoms with Crippen molar-refractivity contribution in [3.8, 4) is 28.2 Å². The number of anilines is 1. The van der Waals surface area contributed by atoms with E-state index in [0.29, 0.717) is 40.6 Å². The van der Waals surface area contributed by atoms with Crippen molar-refractivity contribution >= 4 is 62.4 Å². The van der Waals surface area contributed by atoms with Crippen LogP contribution in [0.2, 0.25) is 0 Å². The van der Waals surface area contributed by atoms with Crippen LogP contribution < -0.4 is 25.8 Å². The van der Waals surface area contributed by atoms with Gasteiger partial charge in [-0.25, -0.2) is 18.0 Å². The molecule has 8 rings (SSSR count). The standard InChI is InChI=1S/C54H53N3O14S2/c1-6-56-41-24-20-33(72-71-70-65)29-40(41)54(4,5)45(56)15-8-7-9-16-46-53(2,3)39-13-12-14-44(73(66,67)68)49(39)57(46)26-11-10-17-47(60)55-30-38-42(59)25-23-36-48(35-22-19-32(58)28-43(35)69-50(36)38)34-21-18-31(51(61)62)27-37(34)52(63)64/h7-9,12-16,18-25,27-29,45,59,65H,6,10-11,17,26,30H2,1-5H3,(H,55,60)(H,61,62)(H,63,64)(H,66,67,68)/p-1/b9-7+,15-8+,46-16+. The fourth-order valence-corrected chi connectivity index (χ4v) is 11.4. The Bertz CT molecular complexity index is 3410. The highest BCUT2D eigenvalue weighted by atomic mass is 32.2. The number of quaternary nitrogens is 1. The number of carboxylic acid groups (broad SMARTS) is 2. The zero-order chi connectivity index (χ0) is 52.6. The summed E-state index contributed by atoms with van der Waals surface area (Å²) < 4.78 is 48.9. The van der Waals surface area contributed by atoms with E-state index in [2.05, 4.69) is 41.5 Å². The second kappa shape index (κ2) is 20.8. The van der Waals surface area contributed by atoms with Crippen LogP contribution in [0.5, 0.6) is 5.75 Å². The second-order valence-electron chi connectivity index (χ2n) is 18.9. The molecule has 5 N–H and O–H groups in total. The van der Waals surface area contributed by atoms with Crippen molar-refractivity contribution in [3.63, 3.8) is 0 Å². The lowest BCUT2D eigenvalue weighted by molar-refractivity contribution is -0.848. The lowest BCUT2D eigenvalue weighted by Crippen LogP contribution is -3.10. The van der Waals surface area contributed by atoms with Crippen molar-refractivity contribution in [1.82, 2.24) is 5.32 Å². The maximum atomic E-state index is 13.5. The number of para-hydroxylation sites is 1. The molecule has 0 saturated carbocycles. The van der Waals surface area contributed by atoms with E-state index in [1.165, 1.54) is 53.4 Å². The number of hydrogen-bond acceptors (Lipinski definition) is 14. The summed E-state index contributed by atoms with van der Waals surface area (Å²) in [5, 5.41) is 48.0. The molecule has 2 atom stereocenters. The molecule has 0 radical (unpaired) electrons. The molecule has 4 aromatic carbocycles. The van der Waals surface area contributed by atoms with E-state index in [1.807, 2.05) is 61.3 Å². The average Bonchev–Trinajstić information content (AvgIpc) is 3.70. The number of allylic oxidation sites excluding steroid dienone is 5. The molecule has 3 aliphatic heterocycles. The number of fused-ring (bicyclic) bond motifs is 4. The Kier molecular flexibility index (Phi) is 14.9. The summed E-state index contributed by atoms with van der Waals surface area (Å²) >= 11 is 0.850. The summed E-state index contributed by atoms with van der Waals surface area (Å²) in [5.74, 6) is -3.31. The van der Waals surface area contributed by atoms with Crippen LogP contribution in [0, 0.1) is 0 Å². The number of amides is 1. The molecule has 4 aromatic rings. The summed E-state index contributed by atoms with van der Waals surface area (Å²) in [6.07, 6.45) is 10.6. The molecule has 4 aliphatic rings. The Morgan fingerprint density at radius 3 is 2.40 bits per heavy atom. The number of likely N-dealkylation sites (N-methyl/N-ethyl adjacent to an activating group) is 1. The van der Waals surface area contributed by atoms with Crippen molar-refractivity contribution in [2.75, 3.05) is 18.0 Å². The molecule has 17 nitrogen and oxygen atoms in total. The SMILES string of the molecule is CC[NH+]1c2ccc(SOO[O-])cc2C(C)(C)C1/C=C/C=C/C=C1/N(CCCCC(=O)NCc2c(O)ccc3c(-c4ccc(C(=O)O)cc4C(=O)O)c4ccc(=O)cc-4oc23)c2c(cccc2S(=O)(=O)[O-])C1(C)C. The first-order valence-corrected chi connectivity index (χ1v) is 25.5. The molecule has 3 heterocycles. The Hall–Kier alpha value is -7.10. The molecule has 380 valence electrons. The Balaban J connectivity index is 1.01. The third-order valence-corrected chi connectivity index (χ3v) is 15.3. The number of benzene rings is 5. The number of hydrogen-bond donors (Lipinski definition) is 5. The summed E-state index contributed by atoms with van der Waals surface area (Å²) in [5.41, 5.74) is 2.97. The molecular formula is C54H52N3O14S2-. The van der Waals surface area contributed by atoms with Crippen molar-refractivity contribution in [3.05, 3.63) is 159 Å². The quantitative estimate of drug-likeness (QED) is 0.0108. The topological polar surface area (TPSA) is 261 Å². The molecular weight excluding hydrogens is 979 g/mol. The molecule has 1 aliphatic carbocycles. The van der Waals surface area contributed by atoms with Crippen LogP contribution in [0.1, 0.15) is 91.3 Å². The fraction of sp³-hybridized carbons (Fsp3) is 0.259. The average molecular weight is 1030 g/mol. The minimum atomic E-state index is -4.90. The lowest BCUT2D eigenvalue weighted by Gasteiger charge is -2.28. The predicted octanol–water partition coefficient (Wildman–Crippen LogP) is 7.28. The monoisotopic (exact) mass is 1030 g/mol. The van der Waals surface area contributed by atoms with Crippen molar-refractivity contribution in [2.45, 2.75) is 87.1 Å². The number of rotatable bonds is 18. The zero-order valence-electron chi connectivity index (χ0n) is 40.4. The van der Waals surface area contributed by atoms with E-state index in [0.717, 1.165) is 46.5 Å². The first-order valence-electron chi connectivity index (χ1n) is 23.3. The second-order valence-corrected chi connectivity index (χ2v) is 21.0. The van der Waals surface area contributed by atoms with Gasteiger partial charge in [-0.1, -0.05) is 50.3 Å². The van der Waals surface area contributed by atoms with Crippen molar-refractivity contribution in [1.29, 1.82) is 0 Å². The molecule has 0 aromatic heterocycles. The number of carboxylic acids is 2. The smallest absolute Gasteiger partial charge is 0.336 e. The summed E-state index contributed by atoms with van der Waals surface area (Å²) in [7, 11) is -4.90. The van der Waals surface area contributed by atoms with Crippen LogP contribution in [-0.4, -0.2) is 65.3 Å². The van der Waals surface area contributed by atoms with Crippen LogP contribution in [0.4, 0.5) is 11.4 Å². The molecule has 19 heteroatoms. The first kappa shape index (κ1) is 52.2. The minimum absolute atomic E-state index is 0.0181. The van der Waals surface area contributed by atoms with Gasteiger partial charge >= 0.3 is 11.9 Å². The third-order valence-electron chi connectivity index (χ3n) is 13.8. The molecule has 0 saturated heterocycles. The molecule has 0 bridgehead atoms. The number of aromatic hydroxyl groups is 1. The maximum Gasteiger partial charge on any atom is 0.336 e. The van der Waals surface area contributed by atoms with Crippen molar-refractivity contribution in [2.24, 2.45) is 0 Å². The largest absolute Gasteiger partial charge is 0.744 e. The van der Waals surface area contributed by atoms with Gasteiger partial charge in [0.25, 0.3) is 0 Å². The Labute approximate surface area is 424 Å². The normalized spacial score (nSPS) is 17.5. The van der Waals surface area contributed by atoms with Gasteiger partial charge in [0.1, 0.15) is 38.9 Å². The number of phenolic OH excluding ortho intramolecular Hbond substituents is 1. The Morgan fingerprint density at radius 2 is 1.68 bits per heavy atom. The van der Waals surface area contributed by atoms with Crippen molar-refractivity contribution < 1.29 is 66.6 Å². The van der Waals surface area contributed by atoms with Gasteiger partial charge < -0.3 is 39.8 Å². The fourth-order valence-electron chi connectivity index (χ4n) is 10.3. The highest BCUT2D eigenvalue weighted by Crippen LogP contribution is 2.51. The summed E-state index contributed by atoms with van der Waals surface area (Å²) in [6.45, 7) is 11.2. The van der Waals surface area contributed by atoms with E-state index < -0.39 is 38.8 Å². The van der Waals surface area contributed by atoms with E-state index in [-0.39, 0.29) is 75.2 Å². The number of phenols is 1. The van der Waals surface area contributed by atoms with E-state index in [9.17, 15) is 52.7 Å². The first-order chi connectivity index (χ1) is 34.7. The predicted molar refractivity (Wildman–Crippen MR) is 269 cm³/mol. The molecule has 73 heavy (non-hydrogen) atoms. The third kappa shape index (κ3) is 10.2. The van der Waals surface area contributed by atoms with Gasteiger partial charge in [0.15, 0.2) is 5.43 Å². The zero-order valence-corrected chi connectivity index (χ0v) is 42.0. The Morgan fingerprint density at radius 1 is 0.918 bits per heavy atom. The number of unbranched alkanes of at least 4 members (excludes halogenated alkanes) is 1. The van der Waals surface area contributed by atoms with Gasteiger partial charge in [0, 0.05) is 63.2 Å². The van der Waals surface area contributed by atoms with Crippen LogP contribution >= 0.6 is 12.0 Å². The van der Waals surface area contributed by atoms with Gasteiger partial charge in [-0.3, -0.25) is 19.5 Å². The van der Waals surface area contributed by atoms with Gasteiger partial charge in [0.2, 0.25) is 5.91 Å². The molecule has 2 unspecified atom stereocenters. The van der Waals surface area contributed by atoms with Gasteiger partial charge in [0.05, 0.1) is 57.8 Å². The summed E-state index contributed by atoms with van der Waals surface area (Å²) in [6, 6.07) is 21.2. The van der Waals surface area contributed by atoms with E-state index in [4.69, 9.17) is 4.42 Å².